The van der Waals surface area contributed by atoms with Crippen molar-refractivity contribution in [2.75, 3.05) is 7.11 Å². The largest absolute Gasteiger partial charge is 0.400 e. The third kappa shape index (κ3) is 8160. The maximum Gasteiger partial charge on any atom is 0.394 e. The Morgan fingerprint density at radius 2 is 0.667 bits per heavy atom. The Morgan fingerprint density at radius 1 is 0.667 bits per heavy atom. The molecule has 0 bridgehead atoms. The van der Waals surface area contributed by atoms with Gasteiger partial charge in [-0.1, -0.05) is 0 Å². The molecule has 0 saturated heterocycles. The molecule has 0 amide bonds. The van der Waals surface area contributed by atoms with Crippen LogP contribution in [-0.4, -0.2) is 47.3 Å². The van der Waals surface area contributed by atoms with Crippen LogP contribution in [0.2, 0.25) is 0 Å². The van der Waals surface area contributed by atoms with Gasteiger partial charge in [0.15, 0.2) is 0 Å². The van der Waals surface area contributed by atoms with Crippen LogP contribution in [0.3, 0.4) is 0 Å². The zero-order chi connectivity index (χ0) is 11.0. The molecule has 5 N–H and O–H groups in total. The van der Waals surface area contributed by atoms with Gasteiger partial charge in [0.2, 0.25) is 0 Å². The average Bonchev–Trinajstić information content (AvgIpc) is 1.59. The fourth-order valence-corrected chi connectivity index (χ4v) is 0. The Bertz CT molecular complexity index is 209. The molecule has 11 heteroatoms. The van der Waals surface area contributed by atoms with Crippen molar-refractivity contribution in [2.45, 2.75) is 0 Å². The van der Waals surface area contributed by atoms with Crippen LogP contribution in [-0.2, 0) is 20.8 Å². The molecule has 0 heterocycles. The summed E-state index contributed by atoms with van der Waals surface area (Å²) in [5.41, 5.74) is 0. The fraction of sp³-hybridized carbons (Fsp3) is 1.00. The van der Waals surface area contributed by atoms with Gasteiger partial charge in [-0.05, 0) is 0 Å². The average molecular weight is 228 g/mol. The molecule has 0 aromatic carbocycles. The molecule has 0 fully saturated rings. The molecule has 0 radical (unpaired) electrons. The Labute approximate surface area is 68.8 Å². The Hall–Kier alpha value is -0.300. The van der Waals surface area contributed by atoms with Crippen molar-refractivity contribution in [1.29, 1.82) is 0 Å². The quantitative estimate of drug-likeness (QED) is 0.303. The molecular weight excluding hydrogens is 220 g/mol. The molecule has 0 saturated carbocycles. The molecule has 0 aliphatic carbocycles. The summed E-state index contributed by atoms with van der Waals surface area (Å²) in [5, 5.41) is 7.00. The van der Waals surface area contributed by atoms with Gasteiger partial charge < -0.3 is 5.11 Å². The van der Waals surface area contributed by atoms with Crippen LogP contribution in [0, 0.1) is 0 Å². The van der Waals surface area contributed by atoms with E-state index < -0.39 is 20.8 Å². The maximum absolute atomic E-state index is 8.74. The Morgan fingerprint density at radius 3 is 0.667 bits per heavy atom. The zero-order valence-corrected chi connectivity index (χ0v) is 7.32. The van der Waals surface area contributed by atoms with Crippen molar-refractivity contribution in [3.8, 4) is 0 Å². The first kappa shape index (κ1) is 17.7. The Balaban J connectivity index is -0.000000112. The normalized spacial score (nSPS) is 10.2. The van der Waals surface area contributed by atoms with Crippen molar-refractivity contribution >= 4 is 20.8 Å². The molecule has 0 spiro atoms. The molecular formula is CH8O9S2. The van der Waals surface area contributed by atoms with Crippen molar-refractivity contribution < 1.29 is 40.2 Å². The van der Waals surface area contributed by atoms with E-state index in [1.807, 2.05) is 0 Å². The molecule has 78 valence electrons. The summed E-state index contributed by atoms with van der Waals surface area (Å²) < 4.78 is 63.2. The lowest BCUT2D eigenvalue weighted by molar-refractivity contribution is 0.378. The molecule has 0 unspecified atom stereocenters. The second-order valence-corrected chi connectivity index (χ2v) is 2.69. The third-order valence-corrected chi connectivity index (χ3v) is 0. The Kier molecular flexibility index (Phi) is 10.8. The molecule has 0 rings (SSSR count). The zero-order valence-electron chi connectivity index (χ0n) is 5.69. The van der Waals surface area contributed by atoms with Gasteiger partial charge in [-0.25, -0.2) is 0 Å². The van der Waals surface area contributed by atoms with Crippen molar-refractivity contribution in [1.82, 2.24) is 0 Å². The predicted molar refractivity (Wildman–Crippen MR) is 36.5 cm³/mol. The summed E-state index contributed by atoms with van der Waals surface area (Å²) in [4.78, 5) is 0. The summed E-state index contributed by atoms with van der Waals surface area (Å²) in [6, 6.07) is 0. The first-order valence-corrected chi connectivity index (χ1v) is 4.64. The minimum atomic E-state index is -4.67. The molecule has 12 heavy (non-hydrogen) atoms. The summed E-state index contributed by atoms with van der Waals surface area (Å²) in [6.07, 6.45) is 0. The molecule has 0 aliphatic heterocycles. The van der Waals surface area contributed by atoms with Gasteiger partial charge in [-0.15, -0.1) is 0 Å². The van der Waals surface area contributed by atoms with Crippen LogP contribution in [0.4, 0.5) is 0 Å². The van der Waals surface area contributed by atoms with E-state index in [0.29, 0.717) is 0 Å². The lowest BCUT2D eigenvalue weighted by Crippen LogP contribution is -1.89. The van der Waals surface area contributed by atoms with Gasteiger partial charge in [-0.3, -0.25) is 18.2 Å². The van der Waals surface area contributed by atoms with Crippen molar-refractivity contribution in [3.05, 3.63) is 0 Å². The third-order valence-electron chi connectivity index (χ3n) is 0. The second-order valence-electron chi connectivity index (χ2n) is 0.896. The topological polar surface area (TPSA) is 169 Å². The maximum atomic E-state index is 8.74. The van der Waals surface area contributed by atoms with Crippen LogP contribution < -0.4 is 0 Å². The summed E-state index contributed by atoms with van der Waals surface area (Å²) in [7, 11) is -8.33. The van der Waals surface area contributed by atoms with Crippen LogP contribution >= 0.6 is 0 Å². The highest BCUT2D eigenvalue weighted by atomic mass is 32.3. The number of aliphatic hydroxyl groups excluding tert-OH is 1. The minimum Gasteiger partial charge on any atom is -0.400 e. The lowest BCUT2D eigenvalue weighted by Gasteiger charge is -1.68. The van der Waals surface area contributed by atoms with Gasteiger partial charge in [0, 0.05) is 7.11 Å². The van der Waals surface area contributed by atoms with Gasteiger partial charge in [0.05, 0.1) is 0 Å². The molecule has 0 atom stereocenters. The first-order valence-electron chi connectivity index (χ1n) is 1.84. The number of hydrogen-bond donors (Lipinski definition) is 5. The van der Waals surface area contributed by atoms with Crippen LogP contribution in [0.1, 0.15) is 0 Å². The number of aliphatic hydroxyl groups is 1. The van der Waals surface area contributed by atoms with E-state index in [1.54, 1.807) is 0 Å². The van der Waals surface area contributed by atoms with E-state index in [9.17, 15) is 0 Å². The number of rotatable bonds is 0. The van der Waals surface area contributed by atoms with E-state index in [0.717, 1.165) is 7.11 Å². The van der Waals surface area contributed by atoms with Gasteiger partial charge in [0.1, 0.15) is 0 Å². The second kappa shape index (κ2) is 7.35. The standard InChI is InChI=1S/CH4O.2H2O4S/c1-2;2*1-5(2,3)4/h2H,1H3;2*(H2,1,2,3,4). The first-order chi connectivity index (χ1) is 5.00. The summed E-state index contributed by atoms with van der Waals surface area (Å²) in [6.45, 7) is 0. The SMILES string of the molecule is CO.O=S(=O)(O)O.O=S(=O)(O)O. The van der Waals surface area contributed by atoms with Crippen molar-refractivity contribution in [3.63, 3.8) is 0 Å². The van der Waals surface area contributed by atoms with Crippen LogP contribution in [0.25, 0.3) is 0 Å². The van der Waals surface area contributed by atoms with Gasteiger partial charge in [0.25, 0.3) is 0 Å². The van der Waals surface area contributed by atoms with E-state index >= 15 is 0 Å². The van der Waals surface area contributed by atoms with Gasteiger partial charge >= 0.3 is 20.8 Å². The number of hydrogen-bond acceptors (Lipinski definition) is 5. The molecule has 0 aliphatic rings. The van der Waals surface area contributed by atoms with E-state index in [2.05, 4.69) is 0 Å². The smallest absolute Gasteiger partial charge is 0.394 e. The predicted octanol–water partition coefficient (Wildman–Crippen LogP) is -1.70. The van der Waals surface area contributed by atoms with E-state index in [-0.39, 0.29) is 0 Å². The van der Waals surface area contributed by atoms with E-state index in [4.69, 9.17) is 40.2 Å². The highest BCUT2D eigenvalue weighted by molar-refractivity contribution is 7.80. The highest BCUT2D eigenvalue weighted by Crippen LogP contribution is 1.59. The minimum absolute atomic E-state index is 1.00. The van der Waals surface area contributed by atoms with E-state index in [1.165, 1.54) is 0 Å². The monoisotopic (exact) mass is 228 g/mol. The fourth-order valence-electron chi connectivity index (χ4n) is 0. The highest BCUT2D eigenvalue weighted by Gasteiger charge is 1.85. The van der Waals surface area contributed by atoms with Crippen molar-refractivity contribution in [2.24, 2.45) is 0 Å². The van der Waals surface area contributed by atoms with Crippen LogP contribution in [0.15, 0.2) is 0 Å². The lowest BCUT2D eigenvalue weighted by atomic mass is 11.8. The van der Waals surface area contributed by atoms with Gasteiger partial charge in [-0.2, -0.15) is 16.8 Å². The summed E-state index contributed by atoms with van der Waals surface area (Å²) >= 11 is 0. The molecule has 9 nitrogen and oxygen atoms in total. The molecule has 0 aromatic heterocycles. The molecule has 0 aromatic rings. The van der Waals surface area contributed by atoms with Crippen LogP contribution in [0.5, 0.6) is 0 Å². The summed E-state index contributed by atoms with van der Waals surface area (Å²) in [5.74, 6) is 0.